The lowest BCUT2D eigenvalue weighted by Gasteiger charge is -2.12. The summed E-state index contributed by atoms with van der Waals surface area (Å²) in [6, 6.07) is 114. The monoisotopic (exact) mass is 1490 g/mol. The van der Waals surface area contributed by atoms with Gasteiger partial charge in [0.05, 0.1) is 49.4 Å². The van der Waals surface area contributed by atoms with E-state index in [1.807, 2.05) is 200 Å². The van der Waals surface area contributed by atoms with Gasteiger partial charge in [-0.1, -0.05) is 190 Å². The van der Waals surface area contributed by atoms with Gasteiger partial charge in [-0.25, -0.2) is 24.0 Å². The molecule has 0 unspecified atom stereocenters. The third-order valence-corrected chi connectivity index (χ3v) is 23.1. The third-order valence-electron chi connectivity index (χ3n) is 16.4. The van der Waals surface area contributed by atoms with Crippen molar-refractivity contribution in [2.24, 2.45) is 0 Å². The number of carbonyl (C=O) groups excluding carboxylic acids is 5. The molecule has 0 aliphatic heterocycles. The highest BCUT2D eigenvalue weighted by Crippen LogP contribution is 2.37. The first-order chi connectivity index (χ1) is 51.8. The molecule has 0 fully saturated rings. The van der Waals surface area contributed by atoms with Gasteiger partial charge in [0, 0.05) is 16.5 Å². The second-order valence-corrected chi connectivity index (χ2v) is 29.9. The van der Waals surface area contributed by atoms with Crippen LogP contribution in [0.25, 0.3) is 27.6 Å². The van der Waals surface area contributed by atoms with Crippen LogP contribution in [0.15, 0.2) is 427 Å². The molecule has 0 saturated carbocycles. The minimum Gasteiger partial charge on any atom is -0.423 e. The molecule has 0 heterocycles. The zero-order valence-corrected chi connectivity index (χ0v) is 63.4. The van der Waals surface area contributed by atoms with Crippen LogP contribution in [0.3, 0.4) is 0 Å². The first-order valence-corrected chi connectivity index (χ1v) is 37.5. The van der Waals surface area contributed by atoms with E-state index in [4.69, 9.17) is 23.7 Å². The highest BCUT2D eigenvalue weighted by Gasteiger charge is 2.32. The van der Waals surface area contributed by atoms with E-state index in [0.717, 1.165) is 31.0 Å². The van der Waals surface area contributed by atoms with Crippen LogP contribution in [0.5, 0.6) is 28.7 Å². The molecule has 542 valence electrons. The lowest BCUT2D eigenvalue weighted by molar-refractivity contribution is -0.130. The van der Waals surface area contributed by atoms with Gasteiger partial charge in [0.2, 0.25) is 0 Å². The van der Waals surface area contributed by atoms with Gasteiger partial charge < -0.3 is 46.0 Å². The van der Waals surface area contributed by atoms with E-state index in [9.17, 15) is 24.0 Å². The van der Waals surface area contributed by atoms with E-state index in [0.29, 0.717) is 67.4 Å². The molecule has 0 aliphatic carbocycles. The number of fused-ring (bicyclic) bond motifs is 2. The average Bonchev–Trinajstić information content (AvgIpc) is 0.800. The summed E-state index contributed by atoms with van der Waals surface area (Å²) in [5, 5.41) is 3.12. The van der Waals surface area contributed by atoms with Crippen molar-refractivity contribution in [3.05, 3.63) is 427 Å². The van der Waals surface area contributed by atoms with Crippen LogP contribution in [0.2, 0.25) is 0 Å². The highest BCUT2D eigenvalue weighted by atomic mass is 32.2. The van der Waals surface area contributed by atoms with Gasteiger partial charge in [-0.15, -0.1) is 0 Å². The molecule has 109 heavy (non-hydrogen) atoms. The van der Waals surface area contributed by atoms with Crippen molar-refractivity contribution < 1.29 is 47.7 Å². The number of hydrogen-bond donors (Lipinski definition) is 0. The van der Waals surface area contributed by atoms with Crippen LogP contribution in [0.1, 0.15) is 50.5 Å². The Morgan fingerprint density at radius 1 is 0.266 bits per heavy atom. The fourth-order valence-electron chi connectivity index (χ4n) is 11.2. The summed E-state index contributed by atoms with van der Waals surface area (Å²) in [5.41, 5.74) is 2.86. The van der Waals surface area contributed by atoms with Crippen molar-refractivity contribution >= 4 is 90.2 Å². The third kappa shape index (κ3) is 20.4. The molecular weight excluding hydrogens is 1410 g/mol. The van der Waals surface area contributed by atoms with Crippen LogP contribution in [-0.4, -0.2) is 29.8 Å². The molecule has 0 aromatic heterocycles. The number of esters is 5. The largest absolute Gasteiger partial charge is 0.423 e. The van der Waals surface area contributed by atoms with Crippen molar-refractivity contribution in [3.63, 3.8) is 0 Å². The average molecular weight is 1490 g/mol. The first-order valence-electron chi connectivity index (χ1n) is 33.8. The Balaban J connectivity index is 0.000000186. The van der Waals surface area contributed by atoms with E-state index in [1.165, 1.54) is 29.4 Å². The topological polar surface area (TPSA) is 132 Å². The van der Waals surface area contributed by atoms with Crippen molar-refractivity contribution in [3.8, 4) is 28.7 Å². The van der Waals surface area contributed by atoms with Gasteiger partial charge in [0.1, 0.15) is 28.7 Å². The summed E-state index contributed by atoms with van der Waals surface area (Å²) in [6.07, 6.45) is 1.80. The molecule has 13 heteroatoms. The summed E-state index contributed by atoms with van der Waals surface area (Å²) in [5.74, 6) is -0.254. The maximum atomic E-state index is 13.2. The fraction of sp³-hybridized carbons (Fsp3) is 0.0208. The van der Waals surface area contributed by atoms with Crippen molar-refractivity contribution in [1.82, 2.24) is 0 Å². The Morgan fingerprint density at radius 3 is 0.853 bits per heavy atom. The van der Waals surface area contributed by atoms with Gasteiger partial charge in [-0.05, 0) is 224 Å². The molecule has 0 atom stereocenters. The highest BCUT2D eigenvalue weighted by molar-refractivity contribution is 7.97. The Kier molecular flexibility index (Phi) is 28.7. The van der Waals surface area contributed by atoms with Crippen LogP contribution < -0.4 is 23.7 Å². The molecule has 0 spiro atoms. The summed E-state index contributed by atoms with van der Waals surface area (Å²) < 4.78 is 27.7. The molecule has 0 aliphatic rings. The van der Waals surface area contributed by atoms with Crippen LogP contribution in [0, 0.1) is 22.3 Å². The number of ether oxygens (including phenoxy) is 5. The standard InChI is InChI=1S/C33H25O4S.C31H23O2S.C29H23O4S.3CH3/c1-23(2)32(34)37-31-22-21-30(28-15-9-10-16-29(28)31)33(35)36-24-17-19-27(20-18-24)38(25-11-5-3-6-12-25)26-13-7-4-8-14-26;1-2-23-17-22-30(29-16-10-9-15-28(23)29)31(32)33-24-18-20-27(21-19-24)34(25-11-5-3-6-12-25)26-13-7-4-8-14-26;1-21(2)28(30)32-23-15-13-22(14-16-23)29(31)33-24-17-19-27(20-18-24)34(25-9-5-3-6-10-25)26-11-7-4-8-12-26;;;/h3-22H,1H2,2H3;2-22H,1H2;3-20H,1H2,2H3;3*1H3/q3*+1;3*-1. The Labute approximate surface area is 647 Å². The predicted molar refractivity (Wildman–Crippen MR) is 444 cm³/mol. The second-order valence-electron chi connectivity index (χ2n) is 23.9. The number of benzene rings is 14. The lowest BCUT2D eigenvalue weighted by atomic mass is 9.99. The minimum absolute atomic E-state index is 0. The van der Waals surface area contributed by atoms with Crippen LogP contribution >= 0.6 is 0 Å². The van der Waals surface area contributed by atoms with Crippen LogP contribution in [-0.2, 0) is 42.3 Å². The number of rotatable bonds is 20. The SMILES string of the molecule is C=C(C)C(=O)Oc1ccc(C(=O)Oc2ccc([S+](c3ccccc3)c3ccccc3)cc2)c2ccccc12.C=C(C)C(=O)Oc1ccc(C(=O)Oc2ccc([S+](c3ccccc3)c3ccccc3)cc2)cc1.C=Cc1ccc(C(=O)Oc2ccc([S+](c3ccccc3)c3ccccc3)cc2)c2ccccc12.[CH3-].[CH3-].[CH3-]. The zero-order valence-electron chi connectivity index (χ0n) is 61.0. The molecule has 14 aromatic carbocycles. The lowest BCUT2D eigenvalue weighted by Crippen LogP contribution is -2.11. The van der Waals surface area contributed by atoms with Gasteiger partial charge >= 0.3 is 29.8 Å². The quantitative estimate of drug-likeness (QED) is 0.0239. The van der Waals surface area contributed by atoms with E-state index in [-0.39, 0.29) is 60.9 Å². The predicted octanol–water partition coefficient (Wildman–Crippen LogP) is 23.3. The Bertz CT molecular complexity index is 5300. The molecular formula is C96H80O10S3. The second kappa shape index (κ2) is 39.0. The molecule has 0 saturated heterocycles. The number of hydrogen-bond acceptors (Lipinski definition) is 10. The molecule has 0 bridgehead atoms. The van der Waals surface area contributed by atoms with Crippen molar-refractivity contribution in [2.75, 3.05) is 0 Å². The van der Waals surface area contributed by atoms with Crippen molar-refractivity contribution in [1.29, 1.82) is 0 Å². The van der Waals surface area contributed by atoms with Crippen LogP contribution in [0.4, 0.5) is 0 Å². The van der Waals surface area contributed by atoms with Gasteiger partial charge in [-0.3, -0.25) is 0 Å². The van der Waals surface area contributed by atoms with Gasteiger partial charge in [0.25, 0.3) is 0 Å². The fourth-order valence-corrected chi connectivity index (χ4v) is 17.5. The zero-order chi connectivity index (χ0) is 73.7. The maximum Gasteiger partial charge on any atom is 0.344 e. The summed E-state index contributed by atoms with van der Waals surface area (Å²) in [4.78, 5) is 73.2. The Hall–Kier alpha value is -12.8. The van der Waals surface area contributed by atoms with E-state index >= 15 is 0 Å². The maximum absolute atomic E-state index is 13.2. The van der Waals surface area contributed by atoms with E-state index in [2.05, 4.69) is 117 Å². The van der Waals surface area contributed by atoms with Gasteiger partial charge in [0.15, 0.2) is 44.1 Å². The summed E-state index contributed by atoms with van der Waals surface area (Å²) >= 11 is 0. The smallest absolute Gasteiger partial charge is 0.344 e. The molecule has 10 nitrogen and oxygen atoms in total. The summed E-state index contributed by atoms with van der Waals surface area (Å²) in [6.45, 7) is 14.2. The molecule has 14 aromatic rings. The first kappa shape index (κ1) is 80.3. The van der Waals surface area contributed by atoms with Gasteiger partial charge in [-0.2, -0.15) is 0 Å². The normalized spacial score (nSPS) is 10.4. The Morgan fingerprint density at radius 2 is 0.523 bits per heavy atom. The molecule has 0 amide bonds. The number of carbonyl (C=O) groups is 5. The van der Waals surface area contributed by atoms with E-state index < -0.39 is 23.9 Å². The molecule has 14 rings (SSSR count). The summed E-state index contributed by atoms with van der Waals surface area (Å²) in [7, 11) is -0.804. The molecule has 0 N–H and O–H groups in total. The molecule has 0 radical (unpaired) electrons. The van der Waals surface area contributed by atoms with E-state index in [1.54, 1.807) is 74.5 Å². The van der Waals surface area contributed by atoms with Crippen molar-refractivity contribution in [2.45, 2.75) is 57.9 Å². The minimum atomic E-state index is -0.518.